The van der Waals surface area contributed by atoms with Gasteiger partial charge in [0.2, 0.25) is 0 Å². The molecule has 0 saturated heterocycles. The zero-order chi connectivity index (χ0) is 13.2. The fourth-order valence-electron chi connectivity index (χ4n) is 2.70. The number of nitrogens with zero attached hydrogens (tertiary/aromatic N) is 2. The van der Waals surface area contributed by atoms with E-state index >= 15 is 0 Å². The van der Waals surface area contributed by atoms with E-state index in [1.807, 2.05) is 6.08 Å². The minimum absolute atomic E-state index is 0.212. The maximum Gasteiger partial charge on any atom is 0.192 e. The van der Waals surface area contributed by atoms with Crippen LogP contribution in [0.5, 0.6) is 0 Å². The van der Waals surface area contributed by atoms with E-state index in [1.165, 1.54) is 16.3 Å². The van der Waals surface area contributed by atoms with Gasteiger partial charge in [0.25, 0.3) is 0 Å². The van der Waals surface area contributed by atoms with Crippen molar-refractivity contribution < 1.29 is 0 Å². The van der Waals surface area contributed by atoms with Gasteiger partial charge in [0.05, 0.1) is 12.6 Å². The van der Waals surface area contributed by atoms with Gasteiger partial charge in [-0.1, -0.05) is 48.5 Å². The number of fused-ring (bicyclic) bond motifs is 1. The molecule has 2 aromatic rings. The third-order valence-electron chi connectivity index (χ3n) is 3.60. The highest BCUT2D eigenvalue weighted by molar-refractivity contribution is 5.88. The molecule has 2 N–H and O–H groups in total. The average molecular weight is 251 g/mol. The van der Waals surface area contributed by atoms with Crippen molar-refractivity contribution in [1.29, 1.82) is 0 Å². The smallest absolute Gasteiger partial charge is 0.192 e. The molecule has 1 atom stereocenters. The Balaban J connectivity index is 2.07. The van der Waals surface area contributed by atoms with Crippen LogP contribution in [-0.4, -0.2) is 23.9 Å². The summed E-state index contributed by atoms with van der Waals surface area (Å²) in [5.41, 5.74) is 7.25. The lowest BCUT2D eigenvalue weighted by Gasteiger charge is -2.26. The first-order valence-electron chi connectivity index (χ1n) is 6.46. The van der Waals surface area contributed by atoms with E-state index in [1.54, 1.807) is 0 Å². The van der Waals surface area contributed by atoms with Crippen LogP contribution in [0.15, 0.2) is 60.1 Å². The Morgan fingerprint density at radius 3 is 2.89 bits per heavy atom. The van der Waals surface area contributed by atoms with E-state index in [-0.39, 0.29) is 6.04 Å². The SMILES string of the molecule is C=CCN1C(N)=NCC1c1cccc2ccccc12. The van der Waals surface area contributed by atoms with Crippen LogP contribution in [0, 0.1) is 0 Å². The van der Waals surface area contributed by atoms with E-state index in [0.717, 1.165) is 6.54 Å². The van der Waals surface area contributed by atoms with Crippen molar-refractivity contribution in [3.63, 3.8) is 0 Å². The summed E-state index contributed by atoms with van der Waals surface area (Å²) in [6.45, 7) is 5.24. The van der Waals surface area contributed by atoms with Crippen LogP contribution in [0.2, 0.25) is 0 Å². The van der Waals surface area contributed by atoms with Crippen molar-refractivity contribution in [2.75, 3.05) is 13.1 Å². The van der Waals surface area contributed by atoms with E-state index in [2.05, 4.69) is 58.9 Å². The van der Waals surface area contributed by atoms with Crippen molar-refractivity contribution in [2.45, 2.75) is 6.04 Å². The van der Waals surface area contributed by atoms with E-state index in [9.17, 15) is 0 Å². The Bertz CT molecular complexity index is 640. The summed E-state index contributed by atoms with van der Waals surface area (Å²) in [6.07, 6.45) is 1.87. The normalized spacial score (nSPS) is 18.6. The Hall–Kier alpha value is -2.29. The average Bonchev–Trinajstić information content (AvgIpc) is 2.80. The second-order valence-electron chi connectivity index (χ2n) is 4.72. The molecule has 96 valence electrons. The molecule has 0 fully saturated rings. The molecule has 1 unspecified atom stereocenters. The van der Waals surface area contributed by atoms with Gasteiger partial charge < -0.3 is 10.6 Å². The van der Waals surface area contributed by atoms with Crippen LogP contribution in [0.1, 0.15) is 11.6 Å². The van der Waals surface area contributed by atoms with Gasteiger partial charge in [-0.2, -0.15) is 0 Å². The molecular formula is C16H17N3. The van der Waals surface area contributed by atoms with Crippen molar-refractivity contribution in [1.82, 2.24) is 4.90 Å². The van der Waals surface area contributed by atoms with Gasteiger partial charge in [0.1, 0.15) is 0 Å². The van der Waals surface area contributed by atoms with Gasteiger partial charge >= 0.3 is 0 Å². The lowest BCUT2D eigenvalue weighted by atomic mass is 9.98. The standard InChI is InChI=1S/C16H17N3/c1-2-10-19-15(11-18-16(19)17)14-9-5-7-12-6-3-4-8-13(12)14/h2-9,15H,1,10-11H2,(H2,17,18). The largest absolute Gasteiger partial charge is 0.370 e. The molecule has 19 heavy (non-hydrogen) atoms. The van der Waals surface area contributed by atoms with Crippen molar-refractivity contribution in [2.24, 2.45) is 10.7 Å². The molecule has 0 spiro atoms. The summed E-state index contributed by atoms with van der Waals surface area (Å²) in [6, 6.07) is 15.0. The molecule has 0 aromatic heterocycles. The predicted octanol–water partition coefficient (Wildman–Crippen LogP) is 2.70. The minimum Gasteiger partial charge on any atom is -0.370 e. The molecule has 1 heterocycles. The lowest BCUT2D eigenvalue weighted by molar-refractivity contribution is 0.382. The molecule has 1 aliphatic rings. The van der Waals surface area contributed by atoms with Gasteiger partial charge in [-0.3, -0.25) is 4.99 Å². The van der Waals surface area contributed by atoms with Crippen LogP contribution in [0.4, 0.5) is 0 Å². The predicted molar refractivity (Wildman–Crippen MR) is 80.1 cm³/mol. The number of benzene rings is 2. The van der Waals surface area contributed by atoms with Gasteiger partial charge in [-0.05, 0) is 16.3 Å². The molecule has 3 rings (SSSR count). The van der Waals surface area contributed by atoms with Crippen LogP contribution >= 0.6 is 0 Å². The zero-order valence-electron chi connectivity index (χ0n) is 10.8. The van der Waals surface area contributed by atoms with Crippen LogP contribution < -0.4 is 5.73 Å². The lowest BCUT2D eigenvalue weighted by Crippen LogP contribution is -2.36. The molecule has 2 aromatic carbocycles. The number of nitrogens with two attached hydrogens (primary N) is 1. The second-order valence-corrected chi connectivity index (χ2v) is 4.72. The Morgan fingerprint density at radius 1 is 1.26 bits per heavy atom. The maximum absolute atomic E-state index is 5.97. The quantitative estimate of drug-likeness (QED) is 0.852. The molecule has 0 radical (unpaired) electrons. The number of rotatable bonds is 3. The van der Waals surface area contributed by atoms with E-state index < -0.39 is 0 Å². The molecule has 3 nitrogen and oxygen atoms in total. The highest BCUT2D eigenvalue weighted by atomic mass is 15.3. The van der Waals surface area contributed by atoms with Gasteiger partial charge in [-0.25, -0.2) is 0 Å². The summed E-state index contributed by atoms with van der Waals surface area (Å²) in [5, 5.41) is 2.53. The highest BCUT2D eigenvalue weighted by Gasteiger charge is 2.27. The monoisotopic (exact) mass is 251 g/mol. The maximum atomic E-state index is 5.97. The second kappa shape index (κ2) is 4.76. The topological polar surface area (TPSA) is 41.6 Å². The van der Waals surface area contributed by atoms with Crippen LogP contribution in [0.3, 0.4) is 0 Å². The fourth-order valence-corrected chi connectivity index (χ4v) is 2.70. The van der Waals surface area contributed by atoms with Crippen molar-refractivity contribution >= 4 is 16.7 Å². The Kier molecular flexibility index (Phi) is 2.95. The Labute approximate surface area is 113 Å². The van der Waals surface area contributed by atoms with Gasteiger partial charge in [0.15, 0.2) is 5.96 Å². The summed E-state index contributed by atoms with van der Waals surface area (Å²) >= 11 is 0. The summed E-state index contributed by atoms with van der Waals surface area (Å²) in [5.74, 6) is 0.609. The summed E-state index contributed by atoms with van der Waals surface area (Å²) in [7, 11) is 0. The fraction of sp³-hybridized carbons (Fsp3) is 0.188. The van der Waals surface area contributed by atoms with Crippen LogP contribution in [-0.2, 0) is 0 Å². The molecule has 0 amide bonds. The van der Waals surface area contributed by atoms with Gasteiger partial charge in [-0.15, -0.1) is 6.58 Å². The van der Waals surface area contributed by atoms with Crippen molar-refractivity contribution in [3.8, 4) is 0 Å². The molecule has 0 bridgehead atoms. The molecule has 0 aliphatic carbocycles. The third kappa shape index (κ3) is 1.97. The first kappa shape index (κ1) is 11.8. The molecular weight excluding hydrogens is 234 g/mol. The van der Waals surface area contributed by atoms with Gasteiger partial charge in [0, 0.05) is 6.54 Å². The van der Waals surface area contributed by atoms with Crippen molar-refractivity contribution in [3.05, 3.63) is 60.7 Å². The summed E-state index contributed by atoms with van der Waals surface area (Å²) < 4.78 is 0. The first-order chi connectivity index (χ1) is 9.31. The first-order valence-corrected chi connectivity index (χ1v) is 6.46. The number of hydrogen-bond acceptors (Lipinski definition) is 3. The van der Waals surface area contributed by atoms with Crippen LogP contribution in [0.25, 0.3) is 10.8 Å². The molecule has 0 saturated carbocycles. The summed E-state index contributed by atoms with van der Waals surface area (Å²) in [4.78, 5) is 6.48. The van der Waals surface area contributed by atoms with E-state index in [4.69, 9.17) is 5.73 Å². The Morgan fingerprint density at radius 2 is 2.05 bits per heavy atom. The number of aliphatic imine (C=N–C) groups is 1. The number of hydrogen-bond donors (Lipinski definition) is 1. The minimum atomic E-state index is 0.212. The third-order valence-corrected chi connectivity index (χ3v) is 3.60. The molecule has 1 aliphatic heterocycles. The zero-order valence-corrected chi connectivity index (χ0v) is 10.8. The molecule has 3 heteroatoms. The van der Waals surface area contributed by atoms with E-state index in [0.29, 0.717) is 12.5 Å². The number of guanidine groups is 1. The highest BCUT2D eigenvalue weighted by Crippen LogP contribution is 2.31.